The van der Waals surface area contributed by atoms with Crippen molar-refractivity contribution in [1.29, 1.82) is 0 Å². The summed E-state index contributed by atoms with van der Waals surface area (Å²) < 4.78 is 12.8. The Morgan fingerprint density at radius 1 is 1.22 bits per heavy atom. The minimum atomic E-state index is 0.147. The van der Waals surface area contributed by atoms with Crippen molar-refractivity contribution in [3.63, 3.8) is 0 Å². The predicted octanol–water partition coefficient (Wildman–Crippen LogP) is 3.52. The summed E-state index contributed by atoms with van der Waals surface area (Å²) in [5.74, 6) is 0.808. The van der Waals surface area contributed by atoms with Crippen LogP contribution in [-0.4, -0.2) is 25.9 Å². The zero-order valence-electron chi connectivity index (χ0n) is 10.7. The SMILES string of the molecule is CCOCCOc1c(Br)cc(CC(C)N)cc1Br. The number of benzene rings is 1. The van der Waals surface area contributed by atoms with Crippen molar-refractivity contribution in [2.24, 2.45) is 5.73 Å². The summed E-state index contributed by atoms with van der Waals surface area (Å²) in [6.07, 6.45) is 0.844. The molecular weight excluding hydrogens is 362 g/mol. The Balaban J connectivity index is 2.68. The van der Waals surface area contributed by atoms with Crippen LogP contribution in [0, 0.1) is 0 Å². The standard InChI is InChI=1S/C13H19Br2NO2/c1-3-17-4-5-18-13-11(14)7-10(6-9(2)16)8-12(13)15/h7-9H,3-6,16H2,1-2H3. The Labute approximate surface area is 125 Å². The van der Waals surface area contributed by atoms with Crippen LogP contribution in [0.1, 0.15) is 19.4 Å². The van der Waals surface area contributed by atoms with Crippen LogP contribution in [0.2, 0.25) is 0 Å². The van der Waals surface area contributed by atoms with Gasteiger partial charge >= 0.3 is 0 Å². The predicted molar refractivity (Wildman–Crippen MR) is 81.2 cm³/mol. The van der Waals surface area contributed by atoms with Gasteiger partial charge in [0.2, 0.25) is 0 Å². The number of nitrogens with two attached hydrogens (primary N) is 1. The van der Waals surface area contributed by atoms with Crippen molar-refractivity contribution in [2.45, 2.75) is 26.3 Å². The molecule has 0 amide bonds. The number of rotatable bonds is 7. The van der Waals surface area contributed by atoms with Gasteiger partial charge in [0.25, 0.3) is 0 Å². The van der Waals surface area contributed by atoms with Crippen LogP contribution >= 0.6 is 31.9 Å². The van der Waals surface area contributed by atoms with Crippen LogP contribution in [0.15, 0.2) is 21.1 Å². The zero-order chi connectivity index (χ0) is 13.5. The first-order chi connectivity index (χ1) is 8.54. The van der Waals surface area contributed by atoms with E-state index in [1.54, 1.807) is 0 Å². The summed E-state index contributed by atoms with van der Waals surface area (Å²) in [4.78, 5) is 0. The molecule has 0 bridgehead atoms. The summed E-state index contributed by atoms with van der Waals surface area (Å²) in [5, 5.41) is 0. The third kappa shape index (κ3) is 5.26. The number of hydrogen-bond acceptors (Lipinski definition) is 3. The van der Waals surface area contributed by atoms with Crippen LogP contribution in [0.3, 0.4) is 0 Å². The maximum absolute atomic E-state index is 5.80. The van der Waals surface area contributed by atoms with E-state index in [2.05, 4.69) is 31.9 Å². The van der Waals surface area contributed by atoms with Gasteiger partial charge in [0, 0.05) is 12.6 Å². The first-order valence-corrected chi connectivity index (χ1v) is 7.57. The molecule has 18 heavy (non-hydrogen) atoms. The van der Waals surface area contributed by atoms with Gasteiger partial charge in [-0.1, -0.05) is 0 Å². The number of ether oxygens (including phenoxy) is 2. The highest BCUT2D eigenvalue weighted by Crippen LogP contribution is 2.35. The first kappa shape index (κ1) is 16.0. The summed E-state index contributed by atoms with van der Waals surface area (Å²) in [6.45, 7) is 5.80. The average molecular weight is 381 g/mol. The molecule has 5 heteroatoms. The largest absolute Gasteiger partial charge is 0.489 e. The second-order valence-corrected chi connectivity index (χ2v) is 5.82. The molecule has 1 rings (SSSR count). The van der Waals surface area contributed by atoms with E-state index in [1.165, 1.54) is 5.56 Å². The summed E-state index contributed by atoms with van der Waals surface area (Å²) in [7, 11) is 0. The van der Waals surface area contributed by atoms with Crippen LogP contribution in [0.4, 0.5) is 0 Å². The van der Waals surface area contributed by atoms with Gasteiger partial charge in [-0.15, -0.1) is 0 Å². The molecule has 2 N–H and O–H groups in total. The lowest BCUT2D eigenvalue weighted by Gasteiger charge is -2.13. The fourth-order valence-electron chi connectivity index (χ4n) is 1.59. The third-order valence-electron chi connectivity index (χ3n) is 2.29. The van der Waals surface area contributed by atoms with Gasteiger partial charge in [-0.3, -0.25) is 0 Å². The first-order valence-electron chi connectivity index (χ1n) is 5.98. The second kappa shape index (κ2) is 8.15. The van der Waals surface area contributed by atoms with Crippen molar-refractivity contribution in [1.82, 2.24) is 0 Å². The van der Waals surface area contributed by atoms with Crippen LogP contribution in [0.25, 0.3) is 0 Å². The van der Waals surface area contributed by atoms with Gasteiger partial charge in [-0.05, 0) is 69.8 Å². The van der Waals surface area contributed by atoms with Gasteiger partial charge in [0.15, 0.2) is 0 Å². The monoisotopic (exact) mass is 379 g/mol. The minimum absolute atomic E-state index is 0.147. The molecule has 0 heterocycles. The molecule has 0 aliphatic heterocycles. The van der Waals surface area contributed by atoms with E-state index in [0.717, 1.165) is 21.1 Å². The lowest BCUT2D eigenvalue weighted by Crippen LogP contribution is -2.17. The van der Waals surface area contributed by atoms with Crippen LogP contribution in [-0.2, 0) is 11.2 Å². The molecule has 0 aromatic heterocycles. The highest BCUT2D eigenvalue weighted by Gasteiger charge is 2.10. The van der Waals surface area contributed by atoms with E-state index in [1.807, 2.05) is 26.0 Å². The lowest BCUT2D eigenvalue weighted by molar-refractivity contribution is 0.109. The maximum Gasteiger partial charge on any atom is 0.147 e. The van der Waals surface area contributed by atoms with E-state index >= 15 is 0 Å². The quantitative estimate of drug-likeness (QED) is 0.736. The van der Waals surface area contributed by atoms with Gasteiger partial charge < -0.3 is 15.2 Å². The summed E-state index contributed by atoms with van der Waals surface area (Å²) >= 11 is 7.04. The normalized spacial score (nSPS) is 12.5. The molecule has 0 radical (unpaired) electrons. The van der Waals surface area contributed by atoms with Crippen molar-refractivity contribution in [3.8, 4) is 5.75 Å². The van der Waals surface area contributed by atoms with E-state index in [0.29, 0.717) is 19.8 Å². The van der Waals surface area contributed by atoms with Crippen LogP contribution < -0.4 is 10.5 Å². The Bertz CT molecular complexity index is 360. The molecule has 1 aromatic rings. The summed E-state index contributed by atoms with van der Waals surface area (Å²) in [6, 6.07) is 4.24. The third-order valence-corrected chi connectivity index (χ3v) is 3.47. The van der Waals surface area contributed by atoms with E-state index < -0.39 is 0 Å². The van der Waals surface area contributed by atoms with Crippen molar-refractivity contribution in [2.75, 3.05) is 19.8 Å². The molecule has 0 aliphatic carbocycles. The fraction of sp³-hybridized carbons (Fsp3) is 0.538. The van der Waals surface area contributed by atoms with Crippen LogP contribution in [0.5, 0.6) is 5.75 Å². The molecule has 0 fully saturated rings. The van der Waals surface area contributed by atoms with Crippen molar-refractivity contribution in [3.05, 3.63) is 26.6 Å². The number of halogens is 2. The Morgan fingerprint density at radius 2 is 1.83 bits per heavy atom. The molecule has 0 aliphatic rings. The Kier molecular flexibility index (Phi) is 7.22. The van der Waals surface area contributed by atoms with Gasteiger partial charge in [-0.25, -0.2) is 0 Å². The topological polar surface area (TPSA) is 44.5 Å². The molecular formula is C13H19Br2NO2. The molecule has 0 spiro atoms. The van der Waals surface area contributed by atoms with E-state index in [4.69, 9.17) is 15.2 Å². The highest BCUT2D eigenvalue weighted by molar-refractivity contribution is 9.11. The van der Waals surface area contributed by atoms with Gasteiger partial charge in [-0.2, -0.15) is 0 Å². The van der Waals surface area contributed by atoms with Gasteiger partial charge in [0.05, 0.1) is 15.6 Å². The Morgan fingerprint density at radius 3 is 2.33 bits per heavy atom. The number of hydrogen-bond donors (Lipinski definition) is 1. The Hall–Kier alpha value is -0.100. The molecule has 0 saturated heterocycles. The smallest absolute Gasteiger partial charge is 0.147 e. The molecule has 1 unspecified atom stereocenters. The highest BCUT2D eigenvalue weighted by atomic mass is 79.9. The van der Waals surface area contributed by atoms with Gasteiger partial charge in [0.1, 0.15) is 12.4 Å². The van der Waals surface area contributed by atoms with Crippen molar-refractivity contribution >= 4 is 31.9 Å². The fourth-order valence-corrected chi connectivity index (χ4v) is 3.10. The lowest BCUT2D eigenvalue weighted by atomic mass is 10.1. The van der Waals surface area contributed by atoms with E-state index in [9.17, 15) is 0 Å². The minimum Gasteiger partial charge on any atom is -0.489 e. The van der Waals surface area contributed by atoms with Crippen molar-refractivity contribution < 1.29 is 9.47 Å². The molecule has 102 valence electrons. The molecule has 1 aromatic carbocycles. The van der Waals surface area contributed by atoms with E-state index in [-0.39, 0.29) is 6.04 Å². The average Bonchev–Trinajstić information content (AvgIpc) is 2.26. The summed E-state index contributed by atoms with van der Waals surface area (Å²) in [5.41, 5.74) is 6.98. The zero-order valence-corrected chi connectivity index (χ0v) is 13.9. The molecule has 1 atom stereocenters. The maximum atomic E-state index is 5.80. The molecule has 0 saturated carbocycles. The second-order valence-electron chi connectivity index (χ2n) is 4.12. The molecule has 3 nitrogen and oxygen atoms in total.